The lowest BCUT2D eigenvalue weighted by Crippen LogP contribution is -2.24. The van der Waals surface area contributed by atoms with Crippen molar-refractivity contribution in [2.75, 3.05) is 6.61 Å². The zero-order valence-corrected chi connectivity index (χ0v) is 7.13. The van der Waals surface area contributed by atoms with Crippen molar-refractivity contribution in [2.45, 2.75) is 32.5 Å². The fourth-order valence-electron chi connectivity index (χ4n) is 1.06. The highest BCUT2D eigenvalue weighted by Crippen LogP contribution is 2.13. The second-order valence-electron chi connectivity index (χ2n) is 2.58. The average molecular weight is 168 g/mol. The summed E-state index contributed by atoms with van der Waals surface area (Å²) in [6.45, 7) is 2.28. The van der Waals surface area contributed by atoms with Gasteiger partial charge >= 0.3 is 5.97 Å². The predicted octanol–water partition coefficient (Wildman–Crippen LogP) is 1.08. The molecule has 0 saturated carbocycles. The van der Waals surface area contributed by atoms with E-state index in [-0.39, 0.29) is 6.29 Å². The van der Waals surface area contributed by atoms with Gasteiger partial charge in [0, 0.05) is 12.3 Å². The monoisotopic (exact) mass is 168 g/mol. The third-order valence-electron chi connectivity index (χ3n) is 1.60. The van der Waals surface area contributed by atoms with Gasteiger partial charge < -0.3 is 9.47 Å². The van der Waals surface area contributed by atoms with E-state index in [4.69, 9.17) is 9.47 Å². The second kappa shape index (κ2) is 4.78. The van der Waals surface area contributed by atoms with Gasteiger partial charge in [0.1, 0.15) is 0 Å². The molecule has 0 aromatic rings. The number of esters is 1. The van der Waals surface area contributed by atoms with Crippen LogP contribution in [0.3, 0.4) is 0 Å². The van der Waals surface area contributed by atoms with Crippen LogP contribution in [0.5, 0.6) is 0 Å². The molecule has 66 valence electrons. The van der Waals surface area contributed by atoms with Gasteiger partial charge in [-0.2, -0.15) is 0 Å². The average Bonchev–Trinajstić information content (AvgIpc) is 2.06. The van der Waals surface area contributed by atoms with Gasteiger partial charge in [0.2, 0.25) is 6.29 Å². The van der Waals surface area contributed by atoms with Crippen LogP contribution in [0.1, 0.15) is 26.2 Å². The van der Waals surface area contributed by atoms with Gasteiger partial charge in [-0.05, 0) is 19.8 Å². The van der Waals surface area contributed by atoms with E-state index in [1.165, 1.54) is 0 Å². The largest absolute Gasteiger partial charge is 0.426 e. The summed E-state index contributed by atoms with van der Waals surface area (Å²) in [7, 11) is 0. The zero-order valence-electron chi connectivity index (χ0n) is 7.13. The van der Waals surface area contributed by atoms with Crippen molar-refractivity contribution in [2.24, 2.45) is 0 Å². The molecule has 0 aromatic carbocycles. The van der Waals surface area contributed by atoms with Crippen LogP contribution in [0.25, 0.3) is 0 Å². The van der Waals surface area contributed by atoms with Crippen LogP contribution < -0.4 is 0 Å². The Kier molecular flexibility index (Phi) is 3.62. The minimum atomic E-state index is -0.496. The molecule has 0 aromatic heterocycles. The summed E-state index contributed by atoms with van der Waals surface area (Å²) in [5.41, 5.74) is 0. The maximum atomic E-state index is 10.8. The third kappa shape index (κ3) is 2.93. The first-order valence-corrected chi connectivity index (χ1v) is 4.08. The van der Waals surface area contributed by atoms with Crippen molar-refractivity contribution in [3.63, 3.8) is 0 Å². The molecular weight excluding hydrogens is 156 g/mol. The summed E-state index contributed by atoms with van der Waals surface area (Å²) in [6.07, 6.45) is 2.52. The standard InChI is InChI=1S/C9H12O3/c1-2-5-8(10)12-9-6-3-4-7-11-9/h9H,3-4,6-7H2,1H3. The minimum Gasteiger partial charge on any atom is -0.426 e. The molecule has 0 N–H and O–H groups in total. The molecule has 3 heteroatoms. The summed E-state index contributed by atoms with van der Waals surface area (Å²) >= 11 is 0. The van der Waals surface area contributed by atoms with E-state index in [0.29, 0.717) is 6.61 Å². The maximum Gasteiger partial charge on any atom is 0.386 e. The molecule has 0 spiro atoms. The smallest absolute Gasteiger partial charge is 0.386 e. The Labute approximate surface area is 72.0 Å². The van der Waals surface area contributed by atoms with Crippen LogP contribution in [0.4, 0.5) is 0 Å². The van der Waals surface area contributed by atoms with Crippen LogP contribution in [0, 0.1) is 11.8 Å². The molecule has 1 atom stereocenters. The van der Waals surface area contributed by atoms with Crippen LogP contribution in [0.15, 0.2) is 0 Å². The SMILES string of the molecule is CC#CC(=O)OC1CCCCO1. The number of carbonyl (C=O) groups excluding carboxylic acids is 1. The van der Waals surface area contributed by atoms with Crippen molar-refractivity contribution in [1.82, 2.24) is 0 Å². The molecule has 12 heavy (non-hydrogen) atoms. The molecule has 0 bridgehead atoms. The zero-order chi connectivity index (χ0) is 8.81. The van der Waals surface area contributed by atoms with Crippen LogP contribution >= 0.6 is 0 Å². The Bertz CT molecular complexity index is 206. The third-order valence-corrected chi connectivity index (χ3v) is 1.60. The van der Waals surface area contributed by atoms with Gasteiger partial charge in [-0.25, -0.2) is 4.79 Å². The van der Waals surface area contributed by atoms with E-state index in [9.17, 15) is 4.79 Å². The number of hydrogen-bond acceptors (Lipinski definition) is 3. The molecule has 1 unspecified atom stereocenters. The van der Waals surface area contributed by atoms with Gasteiger partial charge in [-0.3, -0.25) is 0 Å². The molecule has 0 amide bonds. The lowest BCUT2D eigenvalue weighted by atomic mass is 10.2. The first-order valence-electron chi connectivity index (χ1n) is 4.08. The first kappa shape index (κ1) is 9.08. The normalized spacial score (nSPS) is 22.2. The van der Waals surface area contributed by atoms with E-state index < -0.39 is 5.97 Å². The minimum absolute atomic E-state index is 0.368. The fourth-order valence-corrected chi connectivity index (χ4v) is 1.06. The van der Waals surface area contributed by atoms with Gasteiger partial charge in [0.15, 0.2) is 0 Å². The number of hydrogen-bond donors (Lipinski definition) is 0. The van der Waals surface area contributed by atoms with Crippen LogP contribution in [-0.4, -0.2) is 18.9 Å². The van der Waals surface area contributed by atoms with E-state index in [2.05, 4.69) is 11.8 Å². The maximum absolute atomic E-state index is 10.8. The number of ether oxygens (including phenoxy) is 2. The molecular formula is C9H12O3. The molecule has 1 heterocycles. The fraction of sp³-hybridized carbons (Fsp3) is 0.667. The van der Waals surface area contributed by atoms with E-state index in [0.717, 1.165) is 19.3 Å². The highest BCUT2D eigenvalue weighted by atomic mass is 16.7. The topological polar surface area (TPSA) is 35.5 Å². The molecule has 1 aliphatic rings. The molecule has 1 aliphatic heterocycles. The molecule has 1 saturated heterocycles. The Balaban J connectivity index is 2.27. The van der Waals surface area contributed by atoms with Gasteiger partial charge in [0.05, 0.1) is 6.61 Å². The summed E-state index contributed by atoms with van der Waals surface area (Å²) in [6, 6.07) is 0. The van der Waals surface area contributed by atoms with Crippen molar-refractivity contribution in [3.8, 4) is 11.8 Å². The molecule has 1 rings (SSSR count). The highest BCUT2D eigenvalue weighted by Gasteiger charge is 2.16. The Hall–Kier alpha value is -1.01. The van der Waals surface area contributed by atoms with Crippen LogP contribution in [0.2, 0.25) is 0 Å². The van der Waals surface area contributed by atoms with Gasteiger partial charge in [0.25, 0.3) is 0 Å². The second-order valence-corrected chi connectivity index (χ2v) is 2.58. The van der Waals surface area contributed by atoms with E-state index in [1.807, 2.05) is 0 Å². The highest BCUT2D eigenvalue weighted by molar-refractivity contribution is 5.88. The van der Waals surface area contributed by atoms with Crippen molar-refractivity contribution in [1.29, 1.82) is 0 Å². The Morgan fingerprint density at radius 2 is 2.42 bits per heavy atom. The van der Waals surface area contributed by atoms with Gasteiger partial charge in [-0.1, -0.05) is 5.92 Å². The summed E-state index contributed by atoms with van der Waals surface area (Å²) in [5.74, 6) is 4.28. The quantitative estimate of drug-likeness (QED) is 0.334. The lowest BCUT2D eigenvalue weighted by molar-refractivity contribution is -0.180. The molecule has 1 fully saturated rings. The lowest BCUT2D eigenvalue weighted by Gasteiger charge is -2.21. The molecule has 3 nitrogen and oxygen atoms in total. The number of carbonyl (C=O) groups is 1. The predicted molar refractivity (Wildman–Crippen MR) is 43.1 cm³/mol. The van der Waals surface area contributed by atoms with Crippen LogP contribution in [-0.2, 0) is 14.3 Å². The van der Waals surface area contributed by atoms with E-state index >= 15 is 0 Å². The van der Waals surface area contributed by atoms with Crippen molar-refractivity contribution < 1.29 is 14.3 Å². The van der Waals surface area contributed by atoms with Crippen molar-refractivity contribution in [3.05, 3.63) is 0 Å². The van der Waals surface area contributed by atoms with E-state index in [1.54, 1.807) is 6.92 Å². The molecule has 0 radical (unpaired) electrons. The molecule has 0 aliphatic carbocycles. The Morgan fingerprint density at radius 3 is 3.00 bits per heavy atom. The number of rotatable bonds is 1. The summed E-state index contributed by atoms with van der Waals surface area (Å²) in [5, 5.41) is 0. The van der Waals surface area contributed by atoms with Crippen molar-refractivity contribution >= 4 is 5.97 Å². The Morgan fingerprint density at radius 1 is 1.58 bits per heavy atom. The van der Waals surface area contributed by atoms with Gasteiger partial charge in [-0.15, -0.1) is 0 Å². The summed E-state index contributed by atoms with van der Waals surface area (Å²) in [4.78, 5) is 10.8. The first-order chi connectivity index (χ1) is 5.83. The summed E-state index contributed by atoms with van der Waals surface area (Å²) < 4.78 is 10.1.